The maximum atomic E-state index is 12.0. The van der Waals surface area contributed by atoms with E-state index in [1.807, 2.05) is 36.4 Å². The number of methoxy groups -OCH3 is 2. The summed E-state index contributed by atoms with van der Waals surface area (Å²) >= 11 is 0. The van der Waals surface area contributed by atoms with E-state index in [9.17, 15) is 4.79 Å². The van der Waals surface area contributed by atoms with E-state index in [-0.39, 0.29) is 12.5 Å². The first-order valence-corrected chi connectivity index (χ1v) is 8.85. The first-order chi connectivity index (χ1) is 13.1. The lowest BCUT2D eigenvalue weighted by atomic mass is 9.99. The number of carbonyl (C=O) groups excluding carboxylic acids is 1. The molecular weight excluding hydrogens is 344 g/mol. The van der Waals surface area contributed by atoms with E-state index in [2.05, 4.69) is 24.3 Å². The molecule has 0 bridgehead atoms. The van der Waals surface area contributed by atoms with Gasteiger partial charge in [-0.1, -0.05) is 37.2 Å². The van der Waals surface area contributed by atoms with Crippen molar-refractivity contribution in [1.82, 2.24) is 0 Å². The van der Waals surface area contributed by atoms with E-state index in [1.54, 1.807) is 20.3 Å². The van der Waals surface area contributed by atoms with Crippen molar-refractivity contribution in [2.24, 2.45) is 5.16 Å². The molecule has 0 aromatic heterocycles. The molecule has 144 valence electrons. The fourth-order valence-corrected chi connectivity index (χ4v) is 2.53. The molecule has 1 atom stereocenters. The molecule has 0 heterocycles. The smallest absolute Gasteiger partial charge is 0.265 e. The zero-order valence-electron chi connectivity index (χ0n) is 16.2. The van der Waals surface area contributed by atoms with Crippen LogP contribution in [-0.4, -0.2) is 32.9 Å². The number of nitrogens with one attached hydrogen (secondary N) is 1. The Morgan fingerprint density at radius 1 is 1.15 bits per heavy atom. The van der Waals surface area contributed by atoms with Gasteiger partial charge in [-0.3, -0.25) is 4.79 Å². The number of hydrogen-bond acceptors (Lipinski definition) is 5. The first kappa shape index (κ1) is 20.3. The normalized spacial score (nSPS) is 11.9. The molecule has 0 aliphatic rings. The fraction of sp³-hybridized carbons (Fsp3) is 0.333. The third-order valence-corrected chi connectivity index (χ3v) is 4.27. The number of hydrogen-bond donors (Lipinski definition) is 1. The van der Waals surface area contributed by atoms with E-state index in [4.69, 9.17) is 14.3 Å². The summed E-state index contributed by atoms with van der Waals surface area (Å²) in [6.45, 7) is 4.14. The molecule has 2 rings (SSSR count). The summed E-state index contributed by atoms with van der Waals surface area (Å²) in [5, 5.41) is 6.62. The van der Waals surface area contributed by atoms with Crippen molar-refractivity contribution in [2.45, 2.75) is 26.2 Å². The molecule has 0 aliphatic carbocycles. The van der Waals surface area contributed by atoms with Crippen LogP contribution in [0.4, 0.5) is 5.69 Å². The van der Waals surface area contributed by atoms with Crippen LogP contribution < -0.4 is 14.8 Å². The van der Waals surface area contributed by atoms with Gasteiger partial charge in [0.25, 0.3) is 5.91 Å². The number of para-hydroxylation sites is 1. The minimum absolute atomic E-state index is 0.185. The van der Waals surface area contributed by atoms with Crippen molar-refractivity contribution < 1.29 is 19.1 Å². The second-order valence-corrected chi connectivity index (χ2v) is 6.07. The zero-order chi connectivity index (χ0) is 19.6. The molecular formula is C21H26N2O4. The summed E-state index contributed by atoms with van der Waals surface area (Å²) < 4.78 is 10.5. The van der Waals surface area contributed by atoms with Crippen LogP contribution in [0.25, 0.3) is 0 Å². The van der Waals surface area contributed by atoms with Gasteiger partial charge in [0.1, 0.15) is 0 Å². The summed E-state index contributed by atoms with van der Waals surface area (Å²) in [4.78, 5) is 17.1. The van der Waals surface area contributed by atoms with Gasteiger partial charge in [0.15, 0.2) is 18.1 Å². The van der Waals surface area contributed by atoms with E-state index in [1.165, 1.54) is 11.8 Å². The standard InChI is InChI=1S/C21H26N2O4/c1-5-15(2)16-9-11-18(12-10-16)23-20(24)14-27-22-13-17-7-6-8-19(25-3)21(17)26-4/h6-13,15H,5,14H2,1-4H3,(H,23,24)/b22-13-/t15-/m0/s1. The lowest BCUT2D eigenvalue weighted by Gasteiger charge is -2.10. The highest BCUT2D eigenvalue weighted by atomic mass is 16.6. The fourth-order valence-electron chi connectivity index (χ4n) is 2.53. The van der Waals surface area contributed by atoms with Gasteiger partial charge in [-0.05, 0) is 42.2 Å². The van der Waals surface area contributed by atoms with Crippen molar-refractivity contribution >= 4 is 17.8 Å². The van der Waals surface area contributed by atoms with Gasteiger partial charge in [0, 0.05) is 11.3 Å². The number of rotatable bonds is 9. The lowest BCUT2D eigenvalue weighted by molar-refractivity contribution is -0.120. The third-order valence-electron chi connectivity index (χ3n) is 4.27. The number of ether oxygens (including phenoxy) is 2. The van der Waals surface area contributed by atoms with Crippen LogP contribution in [-0.2, 0) is 9.63 Å². The Bertz CT molecular complexity index is 772. The molecule has 0 saturated heterocycles. The molecule has 0 unspecified atom stereocenters. The molecule has 2 aromatic rings. The van der Waals surface area contributed by atoms with Gasteiger partial charge in [-0.2, -0.15) is 0 Å². The Morgan fingerprint density at radius 3 is 2.52 bits per heavy atom. The average molecular weight is 370 g/mol. The van der Waals surface area contributed by atoms with E-state index in [0.717, 1.165) is 12.1 Å². The molecule has 0 spiro atoms. The first-order valence-electron chi connectivity index (χ1n) is 8.85. The second-order valence-electron chi connectivity index (χ2n) is 6.07. The number of oxime groups is 1. The zero-order valence-corrected chi connectivity index (χ0v) is 16.2. The van der Waals surface area contributed by atoms with Crippen molar-refractivity contribution in [3.8, 4) is 11.5 Å². The largest absolute Gasteiger partial charge is 0.493 e. The molecule has 2 aromatic carbocycles. The van der Waals surface area contributed by atoms with Crippen LogP contribution in [0.15, 0.2) is 47.6 Å². The maximum Gasteiger partial charge on any atom is 0.265 e. The predicted molar refractivity (Wildman–Crippen MR) is 107 cm³/mol. The van der Waals surface area contributed by atoms with E-state index >= 15 is 0 Å². The van der Waals surface area contributed by atoms with Crippen LogP contribution in [0.3, 0.4) is 0 Å². The monoisotopic (exact) mass is 370 g/mol. The molecule has 1 N–H and O–H groups in total. The van der Waals surface area contributed by atoms with Gasteiger partial charge in [0.2, 0.25) is 0 Å². The molecule has 1 amide bonds. The van der Waals surface area contributed by atoms with Crippen molar-refractivity contribution in [1.29, 1.82) is 0 Å². The molecule has 0 fully saturated rings. The molecule has 6 heteroatoms. The van der Waals surface area contributed by atoms with E-state index < -0.39 is 0 Å². The minimum atomic E-state index is -0.277. The molecule has 0 radical (unpaired) electrons. The Hall–Kier alpha value is -3.02. The average Bonchev–Trinajstić information content (AvgIpc) is 2.70. The van der Waals surface area contributed by atoms with Gasteiger partial charge < -0.3 is 19.6 Å². The lowest BCUT2D eigenvalue weighted by Crippen LogP contribution is -2.17. The number of amides is 1. The molecule has 0 saturated carbocycles. The highest BCUT2D eigenvalue weighted by Gasteiger charge is 2.08. The minimum Gasteiger partial charge on any atom is -0.493 e. The summed E-state index contributed by atoms with van der Waals surface area (Å²) in [6.07, 6.45) is 2.56. The number of carbonyl (C=O) groups is 1. The van der Waals surface area contributed by atoms with Crippen LogP contribution in [0.1, 0.15) is 37.3 Å². The maximum absolute atomic E-state index is 12.0. The third kappa shape index (κ3) is 5.74. The number of anilines is 1. The summed E-state index contributed by atoms with van der Waals surface area (Å²) in [6, 6.07) is 13.3. The second kappa shape index (κ2) is 10.2. The van der Waals surface area contributed by atoms with Crippen LogP contribution in [0.5, 0.6) is 11.5 Å². The summed E-state index contributed by atoms with van der Waals surface area (Å²) in [5.74, 6) is 1.38. The topological polar surface area (TPSA) is 69.2 Å². The SMILES string of the molecule is CC[C@H](C)c1ccc(NC(=O)CO/N=C\c2cccc(OC)c2OC)cc1. The Morgan fingerprint density at radius 2 is 1.89 bits per heavy atom. The molecule has 27 heavy (non-hydrogen) atoms. The predicted octanol–water partition coefficient (Wildman–Crippen LogP) is 4.21. The van der Waals surface area contributed by atoms with Crippen LogP contribution in [0, 0.1) is 0 Å². The van der Waals surface area contributed by atoms with Crippen molar-refractivity contribution in [2.75, 3.05) is 26.1 Å². The van der Waals surface area contributed by atoms with Gasteiger partial charge >= 0.3 is 0 Å². The van der Waals surface area contributed by atoms with Crippen molar-refractivity contribution in [3.63, 3.8) is 0 Å². The van der Waals surface area contributed by atoms with Crippen LogP contribution in [0.2, 0.25) is 0 Å². The number of nitrogens with zero attached hydrogens (tertiary/aromatic N) is 1. The van der Waals surface area contributed by atoms with Crippen LogP contribution >= 0.6 is 0 Å². The number of benzene rings is 2. The highest BCUT2D eigenvalue weighted by molar-refractivity contribution is 5.91. The van der Waals surface area contributed by atoms with Gasteiger partial charge in [-0.15, -0.1) is 0 Å². The van der Waals surface area contributed by atoms with E-state index in [0.29, 0.717) is 23.0 Å². The Kier molecular flexibility index (Phi) is 7.67. The summed E-state index contributed by atoms with van der Waals surface area (Å²) in [5.41, 5.74) is 2.68. The van der Waals surface area contributed by atoms with Crippen molar-refractivity contribution in [3.05, 3.63) is 53.6 Å². The van der Waals surface area contributed by atoms with Gasteiger partial charge in [-0.25, -0.2) is 0 Å². The summed E-state index contributed by atoms with van der Waals surface area (Å²) in [7, 11) is 3.12. The molecule has 0 aliphatic heterocycles. The Labute approximate surface area is 160 Å². The highest BCUT2D eigenvalue weighted by Crippen LogP contribution is 2.29. The quantitative estimate of drug-likeness (QED) is 0.530. The van der Waals surface area contributed by atoms with Gasteiger partial charge in [0.05, 0.1) is 20.4 Å². The Balaban J connectivity index is 1.87. The molecule has 6 nitrogen and oxygen atoms in total.